The summed E-state index contributed by atoms with van der Waals surface area (Å²) in [6, 6.07) is 6.27. The standard InChI is InChI=1S/C13H21FN2O3S/c1-15(8-3-11-20(17,18)19)9-10-16(2)13-6-4-12(14)5-7-13/h4-7H,3,8-11H2,1-2H3,(H,17,18,19). The summed E-state index contributed by atoms with van der Waals surface area (Å²) in [6.07, 6.45) is 0.398. The minimum Gasteiger partial charge on any atom is -0.373 e. The summed E-state index contributed by atoms with van der Waals surface area (Å²) in [5.41, 5.74) is 0.928. The van der Waals surface area contributed by atoms with Crippen molar-refractivity contribution in [1.29, 1.82) is 0 Å². The average molecular weight is 304 g/mol. The molecule has 0 radical (unpaired) electrons. The molecule has 5 nitrogen and oxygen atoms in total. The minimum atomic E-state index is -3.87. The van der Waals surface area contributed by atoms with Crippen LogP contribution in [-0.2, 0) is 10.1 Å². The van der Waals surface area contributed by atoms with E-state index in [1.807, 2.05) is 23.9 Å². The van der Waals surface area contributed by atoms with E-state index in [0.717, 1.165) is 18.8 Å². The molecule has 1 aromatic carbocycles. The number of rotatable bonds is 8. The molecule has 0 aromatic heterocycles. The molecule has 0 saturated carbocycles. The lowest BCUT2D eigenvalue weighted by Gasteiger charge is -2.23. The maximum Gasteiger partial charge on any atom is 0.264 e. The maximum absolute atomic E-state index is 12.8. The van der Waals surface area contributed by atoms with E-state index in [1.54, 1.807) is 12.1 Å². The quantitative estimate of drug-likeness (QED) is 0.737. The first-order valence-electron chi connectivity index (χ1n) is 6.38. The van der Waals surface area contributed by atoms with E-state index < -0.39 is 10.1 Å². The highest BCUT2D eigenvalue weighted by atomic mass is 32.2. The lowest BCUT2D eigenvalue weighted by atomic mass is 10.3. The Hall–Kier alpha value is -1.18. The van der Waals surface area contributed by atoms with E-state index in [2.05, 4.69) is 0 Å². The second-order valence-electron chi connectivity index (χ2n) is 4.84. The van der Waals surface area contributed by atoms with Gasteiger partial charge in [-0.15, -0.1) is 0 Å². The Morgan fingerprint density at radius 3 is 2.25 bits per heavy atom. The number of likely N-dealkylation sites (N-methyl/N-ethyl adjacent to an activating group) is 2. The molecule has 0 aliphatic rings. The van der Waals surface area contributed by atoms with Gasteiger partial charge in [-0.3, -0.25) is 4.55 Å². The van der Waals surface area contributed by atoms with Gasteiger partial charge in [0.05, 0.1) is 5.75 Å². The highest BCUT2D eigenvalue weighted by Crippen LogP contribution is 2.12. The van der Waals surface area contributed by atoms with E-state index in [9.17, 15) is 12.8 Å². The first-order chi connectivity index (χ1) is 9.28. The van der Waals surface area contributed by atoms with Gasteiger partial charge in [-0.25, -0.2) is 4.39 Å². The third-order valence-electron chi connectivity index (χ3n) is 3.03. The van der Waals surface area contributed by atoms with Crippen molar-refractivity contribution in [3.8, 4) is 0 Å². The summed E-state index contributed by atoms with van der Waals surface area (Å²) in [7, 11) is -0.0634. The van der Waals surface area contributed by atoms with Crippen LogP contribution >= 0.6 is 0 Å². The Bertz CT molecular complexity index is 505. The van der Waals surface area contributed by atoms with Gasteiger partial charge in [0, 0.05) is 25.8 Å². The van der Waals surface area contributed by atoms with Gasteiger partial charge >= 0.3 is 0 Å². The molecular formula is C13H21FN2O3S. The van der Waals surface area contributed by atoms with Crippen LogP contribution in [0, 0.1) is 5.82 Å². The summed E-state index contributed by atoms with van der Waals surface area (Å²) < 4.78 is 42.6. The second kappa shape index (κ2) is 7.56. The molecule has 0 spiro atoms. The third kappa shape index (κ3) is 6.83. The fraction of sp³-hybridized carbons (Fsp3) is 0.538. The number of hydrogen-bond donors (Lipinski definition) is 1. The van der Waals surface area contributed by atoms with Crippen molar-refractivity contribution in [3.05, 3.63) is 30.1 Å². The monoisotopic (exact) mass is 304 g/mol. The van der Waals surface area contributed by atoms with Gasteiger partial charge in [0.2, 0.25) is 0 Å². The molecular weight excluding hydrogens is 283 g/mol. The van der Waals surface area contributed by atoms with Gasteiger partial charge in [-0.05, 0) is 44.3 Å². The van der Waals surface area contributed by atoms with Gasteiger partial charge in [0.15, 0.2) is 0 Å². The highest BCUT2D eigenvalue weighted by molar-refractivity contribution is 7.85. The Morgan fingerprint density at radius 2 is 1.70 bits per heavy atom. The molecule has 0 bridgehead atoms. The van der Waals surface area contributed by atoms with Gasteiger partial charge in [-0.2, -0.15) is 8.42 Å². The molecule has 20 heavy (non-hydrogen) atoms. The molecule has 0 unspecified atom stereocenters. The average Bonchev–Trinajstić information content (AvgIpc) is 2.35. The lowest BCUT2D eigenvalue weighted by Crippen LogP contribution is -2.31. The fourth-order valence-corrected chi connectivity index (χ4v) is 2.27. The van der Waals surface area contributed by atoms with Crippen LogP contribution < -0.4 is 4.90 Å². The van der Waals surface area contributed by atoms with Crippen LogP contribution in [0.2, 0.25) is 0 Å². The zero-order chi connectivity index (χ0) is 15.2. The van der Waals surface area contributed by atoms with Crippen LogP contribution in [0.5, 0.6) is 0 Å². The topological polar surface area (TPSA) is 60.9 Å². The highest BCUT2D eigenvalue weighted by Gasteiger charge is 2.07. The first-order valence-corrected chi connectivity index (χ1v) is 7.99. The van der Waals surface area contributed by atoms with Crippen LogP contribution in [0.3, 0.4) is 0 Å². The molecule has 1 N–H and O–H groups in total. The zero-order valence-corrected chi connectivity index (χ0v) is 12.6. The van der Waals surface area contributed by atoms with Crippen molar-refractivity contribution >= 4 is 15.8 Å². The summed E-state index contributed by atoms with van der Waals surface area (Å²) in [4.78, 5) is 3.99. The van der Waals surface area contributed by atoms with Crippen LogP contribution in [-0.4, -0.2) is 57.4 Å². The summed E-state index contributed by atoms with van der Waals surface area (Å²) in [5.74, 6) is -0.477. The molecule has 114 valence electrons. The van der Waals surface area contributed by atoms with Gasteiger partial charge < -0.3 is 9.80 Å². The number of anilines is 1. The predicted molar refractivity (Wildman–Crippen MR) is 78.2 cm³/mol. The fourth-order valence-electron chi connectivity index (χ4n) is 1.77. The Balaban J connectivity index is 2.30. The number of halogens is 1. The molecule has 1 aromatic rings. The predicted octanol–water partition coefficient (Wildman–Crippen LogP) is 1.47. The zero-order valence-electron chi connectivity index (χ0n) is 11.8. The van der Waals surface area contributed by atoms with Crippen LogP contribution in [0.15, 0.2) is 24.3 Å². The molecule has 0 saturated heterocycles. The van der Waals surface area contributed by atoms with Crippen molar-refractivity contribution in [2.45, 2.75) is 6.42 Å². The Kier molecular flexibility index (Phi) is 6.38. The summed E-state index contributed by atoms with van der Waals surface area (Å²) in [5, 5.41) is 0. The SMILES string of the molecule is CN(CCCS(=O)(=O)O)CCN(C)c1ccc(F)cc1. The summed E-state index contributed by atoms with van der Waals surface area (Å²) in [6.45, 7) is 2.09. The van der Waals surface area contributed by atoms with E-state index in [4.69, 9.17) is 4.55 Å². The molecule has 7 heteroatoms. The summed E-state index contributed by atoms with van der Waals surface area (Å²) >= 11 is 0. The van der Waals surface area contributed by atoms with Gasteiger partial charge in [0.1, 0.15) is 5.82 Å². The molecule has 0 fully saturated rings. The number of hydrogen-bond acceptors (Lipinski definition) is 4. The smallest absolute Gasteiger partial charge is 0.264 e. The van der Waals surface area contributed by atoms with Crippen LogP contribution in [0.25, 0.3) is 0 Å². The second-order valence-corrected chi connectivity index (χ2v) is 6.41. The minimum absolute atomic E-state index is 0.217. The first kappa shape index (κ1) is 16.9. The molecule has 0 aliphatic heterocycles. The molecule has 0 heterocycles. The van der Waals surface area contributed by atoms with Crippen molar-refractivity contribution < 1.29 is 17.4 Å². The van der Waals surface area contributed by atoms with Gasteiger partial charge in [0.25, 0.3) is 10.1 Å². The molecule has 0 aliphatic carbocycles. The number of nitrogens with zero attached hydrogens (tertiary/aromatic N) is 2. The van der Waals surface area contributed by atoms with Crippen molar-refractivity contribution in [2.24, 2.45) is 0 Å². The van der Waals surface area contributed by atoms with Crippen molar-refractivity contribution in [2.75, 3.05) is 44.4 Å². The normalized spacial score (nSPS) is 11.8. The Morgan fingerprint density at radius 1 is 1.10 bits per heavy atom. The lowest BCUT2D eigenvalue weighted by molar-refractivity contribution is 0.341. The maximum atomic E-state index is 12.8. The van der Waals surface area contributed by atoms with Gasteiger partial charge in [-0.1, -0.05) is 0 Å². The van der Waals surface area contributed by atoms with E-state index in [-0.39, 0.29) is 11.6 Å². The molecule has 1 rings (SSSR count). The van der Waals surface area contributed by atoms with E-state index in [1.165, 1.54) is 12.1 Å². The van der Waals surface area contributed by atoms with Crippen molar-refractivity contribution in [3.63, 3.8) is 0 Å². The van der Waals surface area contributed by atoms with Crippen LogP contribution in [0.4, 0.5) is 10.1 Å². The molecule has 0 atom stereocenters. The largest absolute Gasteiger partial charge is 0.373 e. The number of benzene rings is 1. The van der Waals surface area contributed by atoms with Crippen LogP contribution in [0.1, 0.15) is 6.42 Å². The van der Waals surface area contributed by atoms with Crippen molar-refractivity contribution in [1.82, 2.24) is 4.90 Å². The van der Waals surface area contributed by atoms with E-state index in [0.29, 0.717) is 13.0 Å². The Labute approximate surface area is 119 Å². The third-order valence-corrected chi connectivity index (χ3v) is 3.83. The molecule has 0 amide bonds. The van der Waals surface area contributed by atoms with E-state index >= 15 is 0 Å².